The van der Waals surface area contributed by atoms with E-state index in [1.54, 1.807) is 0 Å². The van der Waals surface area contributed by atoms with E-state index in [0.29, 0.717) is 6.42 Å². The maximum atomic E-state index is 13.2. The van der Waals surface area contributed by atoms with Gasteiger partial charge in [0.2, 0.25) is 0 Å². The molecule has 0 aromatic rings. The molecule has 3 aliphatic carbocycles. The Morgan fingerprint density at radius 1 is 0.702 bits per heavy atom. The van der Waals surface area contributed by atoms with E-state index in [4.69, 9.17) is 0 Å². The summed E-state index contributed by atoms with van der Waals surface area (Å²) in [5.41, 5.74) is 0.100. The third-order valence-electron chi connectivity index (χ3n) is 13.8. The van der Waals surface area contributed by atoms with Crippen molar-refractivity contribution in [2.45, 2.75) is 234 Å². The molecule has 3 atom stereocenters. The lowest BCUT2D eigenvalue weighted by Crippen LogP contribution is -2.50. The van der Waals surface area contributed by atoms with Crippen LogP contribution in [0.5, 0.6) is 0 Å². The second-order valence-corrected chi connectivity index (χ2v) is 17.9. The van der Waals surface area contributed by atoms with E-state index in [0.717, 1.165) is 37.0 Å². The Labute approximate surface area is 292 Å². The molecule has 3 aliphatic rings. The van der Waals surface area contributed by atoms with Crippen molar-refractivity contribution in [3.8, 4) is 0 Å². The lowest BCUT2D eigenvalue weighted by atomic mass is 9.46. The zero-order valence-corrected chi connectivity index (χ0v) is 32.6. The Morgan fingerprint density at radius 2 is 1.17 bits per heavy atom. The highest BCUT2D eigenvalue weighted by Crippen LogP contribution is 2.66. The number of hydrogen-bond donors (Lipinski definition) is 0. The monoisotopic (exact) mass is 667 g/mol. The normalized spacial score (nSPS) is 23.6. The van der Waals surface area contributed by atoms with Gasteiger partial charge in [-0.2, -0.15) is 13.2 Å². The Balaban J connectivity index is 1.78. The standard InChI is InChI=1S/C44H81F3/c1-8-10-11-12-13-14-15-16-17-18-19-20-22-27-37(3)28-23-21-25-31-43(41(5,6)9-2,32-26-24-29-38(4)44(45,46)47)42(7)33-30-39-34-40(35-39)36-42/h37,39-40H,4,8-36H2,1-3,5-7H3. The SMILES string of the molecule is C=C(CCCCC(CCCCCC(C)CCCCCCCCCCCCCCC)(C(C)(C)CC)C1(C)CCC2CC(C2)C1)C(F)(F)F. The van der Waals surface area contributed by atoms with Gasteiger partial charge in [-0.25, -0.2) is 0 Å². The fourth-order valence-electron chi connectivity index (χ4n) is 10.2. The maximum absolute atomic E-state index is 13.2. The first-order chi connectivity index (χ1) is 22.3. The Kier molecular flexibility index (Phi) is 19.7. The summed E-state index contributed by atoms with van der Waals surface area (Å²) in [6.45, 7) is 18.1. The first-order valence-corrected chi connectivity index (χ1v) is 21.0. The summed E-state index contributed by atoms with van der Waals surface area (Å²) in [6, 6.07) is 0. The smallest absolute Gasteiger partial charge is 0.167 e. The fraction of sp³-hybridized carbons (Fsp3) is 0.955. The third-order valence-corrected chi connectivity index (χ3v) is 13.8. The van der Waals surface area contributed by atoms with Crippen LogP contribution in [0.2, 0.25) is 0 Å². The van der Waals surface area contributed by atoms with Crippen molar-refractivity contribution in [3.05, 3.63) is 12.2 Å². The number of allylic oxidation sites excluding steroid dienone is 1. The predicted molar refractivity (Wildman–Crippen MR) is 201 cm³/mol. The molecule has 0 N–H and O–H groups in total. The topological polar surface area (TPSA) is 0 Å². The largest absolute Gasteiger partial charge is 0.412 e. The van der Waals surface area contributed by atoms with Gasteiger partial charge < -0.3 is 0 Å². The van der Waals surface area contributed by atoms with Crippen LogP contribution in [0.3, 0.4) is 0 Å². The van der Waals surface area contributed by atoms with E-state index in [1.165, 1.54) is 154 Å². The number of rotatable bonds is 28. The average molecular weight is 667 g/mol. The van der Waals surface area contributed by atoms with Crippen LogP contribution in [0.25, 0.3) is 0 Å². The van der Waals surface area contributed by atoms with Crippen molar-refractivity contribution in [1.82, 2.24) is 0 Å². The number of fused-ring (bicyclic) bond motifs is 3. The number of halogens is 3. The van der Waals surface area contributed by atoms with E-state index in [9.17, 15) is 13.2 Å². The first kappa shape index (κ1) is 42.7. The molecule has 3 heteroatoms. The van der Waals surface area contributed by atoms with Gasteiger partial charge in [-0.3, -0.25) is 0 Å². The van der Waals surface area contributed by atoms with Crippen molar-refractivity contribution >= 4 is 0 Å². The molecule has 0 nitrogen and oxygen atoms in total. The van der Waals surface area contributed by atoms with Crippen LogP contribution in [0.15, 0.2) is 12.2 Å². The van der Waals surface area contributed by atoms with Gasteiger partial charge in [0.1, 0.15) is 0 Å². The van der Waals surface area contributed by atoms with Gasteiger partial charge in [-0.05, 0) is 91.8 Å². The molecule has 0 amide bonds. The molecule has 0 aromatic heterocycles. The zero-order valence-electron chi connectivity index (χ0n) is 32.6. The van der Waals surface area contributed by atoms with Crippen LogP contribution in [0, 0.1) is 34.0 Å². The van der Waals surface area contributed by atoms with Crippen molar-refractivity contribution in [3.63, 3.8) is 0 Å². The quantitative estimate of drug-likeness (QED) is 0.0576. The van der Waals surface area contributed by atoms with Gasteiger partial charge in [0.25, 0.3) is 0 Å². The molecule has 47 heavy (non-hydrogen) atoms. The molecule has 278 valence electrons. The molecule has 0 radical (unpaired) electrons. The minimum absolute atomic E-state index is 0.0880. The molecule has 3 fully saturated rings. The number of unbranched alkanes of at least 4 members (excludes halogenated alkanes) is 15. The lowest BCUT2D eigenvalue weighted by molar-refractivity contribution is -0.0995. The molecule has 0 spiro atoms. The van der Waals surface area contributed by atoms with Gasteiger partial charge in [0, 0.05) is 5.57 Å². The minimum Gasteiger partial charge on any atom is -0.167 e. The van der Waals surface area contributed by atoms with Crippen LogP contribution in [0.4, 0.5) is 13.2 Å². The Hall–Kier alpha value is -0.470. The van der Waals surface area contributed by atoms with Crippen LogP contribution < -0.4 is 0 Å². The van der Waals surface area contributed by atoms with E-state index < -0.39 is 11.7 Å². The van der Waals surface area contributed by atoms with Gasteiger partial charge in [0.05, 0.1) is 0 Å². The van der Waals surface area contributed by atoms with Gasteiger partial charge in [-0.1, -0.05) is 177 Å². The number of hydrogen-bond acceptors (Lipinski definition) is 0. The maximum Gasteiger partial charge on any atom is 0.412 e. The van der Waals surface area contributed by atoms with E-state index >= 15 is 0 Å². The van der Waals surface area contributed by atoms with Crippen LogP contribution in [-0.4, -0.2) is 6.18 Å². The summed E-state index contributed by atoms with van der Waals surface area (Å²) < 4.78 is 39.6. The molecular weight excluding hydrogens is 585 g/mol. The molecule has 2 bridgehead atoms. The first-order valence-electron chi connectivity index (χ1n) is 21.0. The lowest BCUT2D eigenvalue weighted by Gasteiger charge is -2.59. The van der Waals surface area contributed by atoms with Gasteiger partial charge >= 0.3 is 6.18 Å². The van der Waals surface area contributed by atoms with Gasteiger partial charge in [0.15, 0.2) is 0 Å². The van der Waals surface area contributed by atoms with E-state index in [2.05, 4.69) is 48.1 Å². The highest BCUT2D eigenvalue weighted by molar-refractivity contribution is 5.07. The van der Waals surface area contributed by atoms with Crippen molar-refractivity contribution in [1.29, 1.82) is 0 Å². The second-order valence-electron chi connectivity index (χ2n) is 17.9. The predicted octanol–water partition coefficient (Wildman–Crippen LogP) is 16.4. The van der Waals surface area contributed by atoms with Crippen molar-refractivity contribution < 1.29 is 13.2 Å². The van der Waals surface area contributed by atoms with Crippen LogP contribution >= 0.6 is 0 Å². The van der Waals surface area contributed by atoms with Gasteiger partial charge in [-0.15, -0.1) is 0 Å². The van der Waals surface area contributed by atoms with E-state index in [1.807, 2.05) is 0 Å². The molecule has 3 saturated carbocycles. The molecule has 0 aromatic carbocycles. The average Bonchev–Trinajstić information content (AvgIpc) is 3.28. The summed E-state index contributed by atoms with van der Waals surface area (Å²) in [7, 11) is 0. The second kappa shape index (κ2) is 21.7. The summed E-state index contributed by atoms with van der Waals surface area (Å²) in [5, 5.41) is 0. The Morgan fingerprint density at radius 3 is 1.66 bits per heavy atom. The van der Waals surface area contributed by atoms with E-state index in [-0.39, 0.29) is 22.7 Å². The Bertz CT molecular complexity index is 820. The molecule has 0 heterocycles. The summed E-state index contributed by atoms with van der Waals surface area (Å²) >= 11 is 0. The highest BCUT2D eigenvalue weighted by atomic mass is 19.4. The van der Waals surface area contributed by atoms with Crippen molar-refractivity contribution in [2.75, 3.05) is 0 Å². The van der Waals surface area contributed by atoms with Crippen LogP contribution in [0.1, 0.15) is 228 Å². The third kappa shape index (κ3) is 14.4. The van der Waals surface area contributed by atoms with Crippen LogP contribution in [-0.2, 0) is 0 Å². The fourth-order valence-corrected chi connectivity index (χ4v) is 10.2. The number of alkyl halides is 3. The summed E-state index contributed by atoms with van der Waals surface area (Å²) in [6.07, 6.45) is 32.8. The van der Waals surface area contributed by atoms with Crippen molar-refractivity contribution in [2.24, 2.45) is 34.0 Å². The minimum atomic E-state index is -4.25. The zero-order chi connectivity index (χ0) is 34.8. The summed E-state index contributed by atoms with van der Waals surface area (Å²) in [4.78, 5) is 0. The highest BCUT2D eigenvalue weighted by Gasteiger charge is 2.57. The molecule has 3 rings (SSSR count). The molecule has 3 unspecified atom stereocenters. The molecule has 0 aliphatic heterocycles. The molecule has 0 saturated heterocycles. The summed E-state index contributed by atoms with van der Waals surface area (Å²) in [5.74, 6) is 2.62. The molecular formula is C44H81F3.